The van der Waals surface area contributed by atoms with Crippen molar-refractivity contribution >= 4 is 27.5 Å². The maximum absolute atomic E-state index is 11.8. The van der Waals surface area contributed by atoms with E-state index >= 15 is 0 Å². The maximum atomic E-state index is 11.8. The van der Waals surface area contributed by atoms with Crippen molar-refractivity contribution in [3.8, 4) is 0 Å². The van der Waals surface area contributed by atoms with E-state index < -0.39 is 0 Å². The highest BCUT2D eigenvalue weighted by Crippen LogP contribution is 2.20. The summed E-state index contributed by atoms with van der Waals surface area (Å²) in [5, 5.41) is 3.25. The van der Waals surface area contributed by atoms with Gasteiger partial charge in [-0.3, -0.25) is 4.79 Å². The summed E-state index contributed by atoms with van der Waals surface area (Å²) in [7, 11) is 0. The van der Waals surface area contributed by atoms with Gasteiger partial charge in [0, 0.05) is 36.2 Å². The van der Waals surface area contributed by atoms with E-state index in [9.17, 15) is 4.79 Å². The van der Waals surface area contributed by atoms with Crippen LogP contribution in [0.25, 0.3) is 0 Å². The molecule has 17 heavy (non-hydrogen) atoms. The highest BCUT2D eigenvalue weighted by Gasteiger charge is 2.08. The number of anilines is 1. The van der Waals surface area contributed by atoms with Gasteiger partial charge in [0.25, 0.3) is 0 Å². The van der Waals surface area contributed by atoms with Crippen LogP contribution in [0.4, 0.5) is 5.69 Å². The molecule has 1 aromatic carbocycles. The van der Waals surface area contributed by atoms with Crippen LogP contribution in [0.1, 0.15) is 20.3 Å². The van der Waals surface area contributed by atoms with Gasteiger partial charge in [-0.25, -0.2) is 0 Å². The first-order valence-corrected chi connectivity index (χ1v) is 6.74. The van der Waals surface area contributed by atoms with E-state index in [1.807, 2.05) is 43.0 Å². The third-order valence-corrected chi connectivity index (χ3v) is 3.34. The van der Waals surface area contributed by atoms with Gasteiger partial charge in [0.05, 0.1) is 0 Å². The monoisotopic (exact) mass is 298 g/mol. The van der Waals surface area contributed by atoms with Crippen LogP contribution in [0.2, 0.25) is 0 Å². The average Bonchev–Trinajstić information content (AvgIpc) is 2.33. The lowest BCUT2D eigenvalue weighted by atomic mass is 10.3. The summed E-state index contributed by atoms with van der Waals surface area (Å²) in [5.41, 5.74) is 1.03. The molecule has 3 nitrogen and oxygen atoms in total. The molecule has 0 bridgehead atoms. The lowest BCUT2D eigenvalue weighted by molar-refractivity contribution is -0.130. The van der Waals surface area contributed by atoms with Crippen molar-refractivity contribution in [3.63, 3.8) is 0 Å². The zero-order valence-corrected chi connectivity index (χ0v) is 12.0. The van der Waals surface area contributed by atoms with Gasteiger partial charge >= 0.3 is 0 Å². The molecular formula is C13H19BrN2O. The zero-order valence-electron chi connectivity index (χ0n) is 10.4. The molecular weight excluding hydrogens is 280 g/mol. The molecule has 0 saturated heterocycles. The first-order valence-electron chi connectivity index (χ1n) is 5.95. The number of carbonyl (C=O) groups is 1. The van der Waals surface area contributed by atoms with Crippen molar-refractivity contribution in [1.82, 2.24) is 4.90 Å². The van der Waals surface area contributed by atoms with Crippen molar-refractivity contribution < 1.29 is 4.79 Å². The number of benzene rings is 1. The fraction of sp³-hybridized carbons (Fsp3) is 0.462. The Kier molecular flexibility index (Phi) is 6.05. The van der Waals surface area contributed by atoms with Crippen molar-refractivity contribution in [3.05, 3.63) is 28.7 Å². The molecule has 0 aliphatic carbocycles. The summed E-state index contributed by atoms with van der Waals surface area (Å²) in [4.78, 5) is 13.6. The topological polar surface area (TPSA) is 32.3 Å². The number of para-hydroxylation sites is 1. The highest BCUT2D eigenvalue weighted by atomic mass is 79.9. The van der Waals surface area contributed by atoms with Gasteiger partial charge in [0.1, 0.15) is 0 Å². The van der Waals surface area contributed by atoms with Gasteiger partial charge in [-0.05, 0) is 41.9 Å². The fourth-order valence-electron chi connectivity index (χ4n) is 1.64. The van der Waals surface area contributed by atoms with Crippen molar-refractivity contribution in [2.24, 2.45) is 0 Å². The quantitative estimate of drug-likeness (QED) is 0.875. The van der Waals surface area contributed by atoms with Crippen LogP contribution in [0.15, 0.2) is 28.7 Å². The maximum Gasteiger partial charge on any atom is 0.224 e. The Balaban J connectivity index is 2.38. The van der Waals surface area contributed by atoms with Gasteiger partial charge < -0.3 is 10.2 Å². The van der Waals surface area contributed by atoms with E-state index in [2.05, 4.69) is 21.2 Å². The lowest BCUT2D eigenvalue weighted by Gasteiger charge is -2.18. The third kappa shape index (κ3) is 4.38. The van der Waals surface area contributed by atoms with Crippen LogP contribution in [0, 0.1) is 0 Å². The third-order valence-electron chi connectivity index (χ3n) is 2.64. The number of hydrogen-bond acceptors (Lipinski definition) is 2. The molecule has 0 atom stereocenters. The minimum absolute atomic E-state index is 0.203. The van der Waals surface area contributed by atoms with Crippen molar-refractivity contribution in [2.75, 3.05) is 25.0 Å². The molecule has 0 radical (unpaired) electrons. The summed E-state index contributed by atoms with van der Waals surface area (Å²) in [6.45, 7) is 6.23. The number of nitrogens with zero attached hydrogens (tertiary/aromatic N) is 1. The first-order chi connectivity index (χ1) is 8.19. The van der Waals surface area contributed by atoms with Crippen LogP contribution in [-0.2, 0) is 4.79 Å². The average molecular weight is 299 g/mol. The molecule has 0 unspecified atom stereocenters. The van der Waals surface area contributed by atoms with Gasteiger partial charge in [-0.2, -0.15) is 0 Å². The van der Waals surface area contributed by atoms with Crippen LogP contribution in [0.5, 0.6) is 0 Å². The number of nitrogens with one attached hydrogen (secondary N) is 1. The molecule has 0 aliphatic heterocycles. The Morgan fingerprint density at radius 1 is 1.29 bits per heavy atom. The minimum atomic E-state index is 0.203. The number of amides is 1. The Labute approximate surface area is 111 Å². The van der Waals surface area contributed by atoms with Gasteiger partial charge in [-0.1, -0.05) is 12.1 Å². The molecule has 1 N–H and O–H groups in total. The Bertz CT molecular complexity index is 364. The predicted octanol–water partition coefficient (Wildman–Crippen LogP) is 3.12. The summed E-state index contributed by atoms with van der Waals surface area (Å²) >= 11 is 3.46. The minimum Gasteiger partial charge on any atom is -0.384 e. The van der Waals surface area contributed by atoms with Gasteiger partial charge in [0.2, 0.25) is 5.91 Å². The summed E-state index contributed by atoms with van der Waals surface area (Å²) in [6, 6.07) is 7.91. The second-order valence-corrected chi connectivity index (χ2v) is 4.58. The van der Waals surface area contributed by atoms with Gasteiger partial charge in [0.15, 0.2) is 0 Å². The van der Waals surface area contributed by atoms with E-state index in [1.54, 1.807) is 0 Å². The smallest absolute Gasteiger partial charge is 0.224 e. The number of halogens is 1. The molecule has 1 aromatic rings. The standard InChI is InChI=1S/C13H19BrN2O/c1-3-16(4-2)13(17)9-10-15-12-8-6-5-7-11(12)14/h5-8,15H,3-4,9-10H2,1-2H3. The predicted molar refractivity (Wildman–Crippen MR) is 75.2 cm³/mol. The summed E-state index contributed by atoms with van der Waals surface area (Å²) < 4.78 is 1.02. The van der Waals surface area contributed by atoms with Crippen LogP contribution < -0.4 is 5.32 Å². The van der Waals surface area contributed by atoms with Crippen LogP contribution >= 0.6 is 15.9 Å². The van der Waals surface area contributed by atoms with Crippen LogP contribution in [-0.4, -0.2) is 30.4 Å². The van der Waals surface area contributed by atoms with E-state index in [0.717, 1.165) is 23.2 Å². The number of hydrogen-bond donors (Lipinski definition) is 1. The number of rotatable bonds is 6. The van der Waals surface area contributed by atoms with Gasteiger partial charge in [-0.15, -0.1) is 0 Å². The largest absolute Gasteiger partial charge is 0.384 e. The number of carbonyl (C=O) groups excluding carboxylic acids is 1. The SMILES string of the molecule is CCN(CC)C(=O)CCNc1ccccc1Br. The summed E-state index contributed by atoms with van der Waals surface area (Å²) in [6.07, 6.45) is 0.531. The molecule has 4 heteroatoms. The van der Waals surface area contributed by atoms with E-state index in [0.29, 0.717) is 13.0 Å². The Morgan fingerprint density at radius 3 is 2.53 bits per heavy atom. The Hall–Kier alpha value is -1.03. The fourth-order valence-corrected chi connectivity index (χ4v) is 2.07. The molecule has 0 fully saturated rings. The van der Waals surface area contributed by atoms with Crippen molar-refractivity contribution in [1.29, 1.82) is 0 Å². The molecule has 94 valence electrons. The zero-order chi connectivity index (χ0) is 12.7. The van der Waals surface area contributed by atoms with Crippen molar-refractivity contribution in [2.45, 2.75) is 20.3 Å². The molecule has 0 heterocycles. The normalized spacial score (nSPS) is 10.1. The summed E-state index contributed by atoms with van der Waals surface area (Å²) in [5.74, 6) is 0.203. The van der Waals surface area contributed by atoms with E-state index in [4.69, 9.17) is 0 Å². The second kappa shape index (κ2) is 7.33. The molecule has 1 rings (SSSR count). The lowest BCUT2D eigenvalue weighted by Crippen LogP contribution is -2.31. The molecule has 0 saturated carbocycles. The van der Waals surface area contributed by atoms with Crippen LogP contribution in [0.3, 0.4) is 0 Å². The van der Waals surface area contributed by atoms with E-state index in [-0.39, 0.29) is 5.91 Å². The molecule has 0 aromatic heterocycles. The molecule has 0 aliphatic rings. The highest BCUT2D eigenvalue weighted by molar-refractivity contribution is 9.10. The Morgan fingerprint density at radius 2 is 1.94 bits per heavy atom. The van der Waals surface area contributed by atoms with E-state index in [1.165, 1.54) is 0 Å². The molecule has 0 spiro atoms. The second-order valence-electron chi connectivity index (χ2n) is 3.72. The molecule has 1 amide bonds. The first kappa shape index (κ1) is 14.0.